The van der Waals surface area contributed by atoms with E-state index in [0.29, 0.717) is 22.8 Å². The second kappa shape index (κ2) is 6.64. The molecule has 2 aromatic carbocycles. The summed E-state index contributed by atoms with van der Waals surface area (Å²) in [5, 5.41) is 10.7. The summed E-state index contributed by atoms with van der Waals surface area (Å²) < 4.78 is 6.90. The number of methoxy groups -OCH3 is 1. The van der Waals surface area contributed by atoms with Crippen molar-refractivity contribution in [2.75, 3.05) is 12.4 Å². The molecular formula is C19H15N5O2. The molecule has 1 amide bonds. The number of benzene rings is 2. The highest BCUT2D eigenvalue weighted by atomic mass is 16.5. The number of rotatable bonds is 4. The van der Waals surface area contributed by atoms with E-state index in [9.17, 15) is 4.79 Å². The number of carbonyl (C=O) groups excluding carboxylic acids is 1. The van der Waals surface area contributed by atoms with Crippen LogP contribution in [0, 0.1) is 0 Å². The molecule has 4 aromatic rings. The van der Waals surface area contributed by atoms with Crippen LogP contribution in [0.1, 0.15) is 10.4 Å². The normalized spacial score (nSPS) is 10.7. The highest BCUT2D eigenvalue weighted by Gasteiger charge is 2.09. The Morgan fingerprint density at radius 1 is 1.15 bits per heavy atom. The molecule has 0 fully saturated rings. The van der Waals surface area contributed by atoms with Crippen LogP contribution in [0.4, 0.5) is 5.69 Å². The van der Waals surface area contributed by atoms with Crippen LogP contribution in [-0.2, 0) is 0 Å². The zero-order chi connectivity index (χ0) is 17.9. The summed E-state index contributed by atoms with van der Waals surface area (Å²) in [6, 6.07) is 14.5. The van der Waals surface area contributed by atoms with Crippen molar-refractivity contribution in [1.29, 1.82) is 0 Å². The predicted molar refractivity (Wildman–Crippen MR) is 97.2 cm³/mol. The lowest BCUT2D eigenvalue weighted by atomic mass is 10.1. The van der Waals surface area contributed by atoms with Gasteiger partial charge in [-0.3, -0.25) is 9.20 Å². The molecule has 128 valence electrons. The maximum Gasteiger partial charge on any atom is 0.255 e. The predicted octanol–water partition coefficient (Wildman–Crippen LogP) is 3.05. The SMILES string of the molecule is COc1ccc(C(=O)Nc2cccc(-c3cn4ccnnc4n3)c2)cc1. The molecule has 7 nitrogen and oxygen atoms in total. The highest BCUT2D eigenvalue weighted by molar-refractivity contribution is 6.04. The van der Waals surface area contributed by atoms with Crippen LogP contribution in [0.3, 0.4) is 0 Å². The lowest BCUT2D eigenvalue weighted by Crippen LogP contribution is -2.11. The van der Waals surface area contributed by atoms with Crippen molar-refractivity contribution >= 4 is 17.4 Å². The van der Waals surface area contributed by atoms with Crippen molar-refractivity contribution < 1.29 is 9.53 Å². The van der Waals surface area contributed by atoms with E-state index in [0.717, 1.165) is 11.3 Å². The maximum atomic E-state index is 12.4. The molecule has 2 aromatic heterocycles. The van der Waals surface area contributed by atoms with E-state index < -0.39 is 0 Å². The van der Waals surface area contributed by atoms with Crippen LogP contribution in [0.2, 0.25) is 0 Å². The molecule has 1 N–H and O–H groups in total. The quantitative estimate of drug-likeness (QED) is 0.615. The summed E-state index contributed by atoms with van der Waals surface area (Å²) in [4.78, 5) is 16.9. The Bertz CT molecular complexity index is 1040. The second-order valence-corrected chi connectivity index (χ2v) is 5.61. The third kappa shape index (κ3) is 3.10. The van der Waals surface area contributed by atoms with Crippen molar-refractivity contribution in [1.82, 2.24) is 19.6 Å². The molecule has 0 spiro atoms. The van der Waals surface area contributed by atoms with Crippen molar-refractivity contribution in [2.24, 2.45) is 0 Å². The fourth-order valence-corrected chi connectivity index (χ4v) is 2.60. The number of hydrogen-bond donors (Lipinski definition) is 1. The number of hydrogen-bond acceptors (Lipinski definition) is 5. The standard InChI is InChI=1S/C19H15N5O2/c1-26-16-7-5-13(6-8-16)18(25)21-15-4-2-3-14(11-15)17-12-24-10-9-20-23-19(24)22-17/h2-12H,1H3,(H,21,25). The molecule has 0 aliphatic heterocycles. The van der Waals surface area contributed by atoms with Gasteiger partial charge in [-0.05, 0) is 36.4 Å². The molecule has 0 radical (unpaired) electrons. The Kier molecular flexibility index (Phi) is 4.03. The van der Waals surface area contributed by atoms with Gasteiger partial charge in [0.1, 0.15) is 5.75 Å². The van der Waals surface area contributed by atoms with E-state index in [1.54, 1.807) is 48.2 Å². The van der Waals surface area contributed by atoms with Gasteiger partial charge in [0.25, 0.3) is 11.7 Å². The summed E-state index contributed by atoms with van der Waals surface area (Å²) in [7, 11) is 1.59. The second-order valence-electron chi connectivity index (χ2n) is 5.61. The van der Waals surface area contributed by atoms with Crippen molar-refractivity contribution in [3.63, 3.8) is 0 Å². The summed E-state index contributed by atoms with van der Waals surface area (Å²) in [5.41, 5.74) is 2.87. The number of nitrogens with one attached hydrogen (secondary N) is 1. The summed E-state index contributed by atoms with van der Waals surface area (Å²) in [6.45, 7) is 0. The molecule has 0 aliphatic rings. The third-order valence-electron chi connectivity index (χ3n) is 3.92. The third-order valence-corrected chi connectivity index (χ3v) is 3.92. The summed E-state index contributed by atoms with van der Waals surface area (Å²) in [5.74, 6) is 1.04. The number of anilines is 1. The largest absolute Gasteiger partial charge is 0.497 e. The van der Waals surface area contributed by atoms with Gasteiger partial charge in [0, 0.05) is 29.2 Å². The molecule has 0 bridgehead atoms. The number of carbonyl (C=O) groups is 1. The molecule has 7 heteroatoms. The van der Waals surface area contributed by atoms with Crippen molar-refractivity contribution in [3.05, 3.63) is 72.7 Å². The molecule has 26 heavy (non-hydrogen) atoms. The van der Waals surface area contributed by atoms with E-state index in [-0.39, 0.29) is 5.91 Å². The Morgan fingerprint density at radius 2 is 2.00 bits per heavy atom. The van der Waals surface area contributed by atoms with Gasteiger partial charge in [-0.2, -0.15) is 5.10 Å². The first-order valence-corrected chi connectivity index (χ1v) is 7.95. The van der Waals surface area contributed by atoms with Crippen LogP contribution >= 0.6 is 0 Å². The monoisotopic (exact) mass is 345 g/mol. The zero-order valence-corrected chi connectivity index (χ0v) is 14.0. The fraction of sp³-hybridized carbons (Fsp3) is 0.0526. The molecule has 0 aliphatic carbocycles. The van der Waals surface area contributed by atoms with Gasteiger partial charge in [0.05, 0.1) is 19.0 Å². The number of fused-ring (bicyclic) bond motifs is 1. The van der Waals surface area contributed by atoms with Gasteiger partial charge in [-0.25, -0.2) is 4.98 Å². The Hall–Kier alpha value is -3.74. The topological polar surface area (TPSA) is 81.4 Å². The van der Waals surface area contributed by atoms with Crippen LogP contribution in [0.25, 0.3) is 17.0 Å². The van der Waals surface area contributed by atoms with Gasteiger partial charge >= 0.3 is 0 Å². The molecule has 4 rings (SSSR count). The smallest absolute Gasteiger partial charge is 0.255 e. The average Bonchev–Trinajstić information content (AvgIpc) is 3.12. The van der Waals surface area contributed by atoms with E-state index >= 15 is 0 Å². The number of aromatic nitrogens is 4. The van der Waals surface area contributed by atoms with Crippen LogP contribution in [0.15, 0.2) is 67.1 Å². The van der Waals surface area contributed by atoms with Gasteiger partial charge in [-0.1, -0.05) is 12.1 Å². The maximum absolute atomic E-state index is 12.4. The van der Waals surface area contributed by atoms with Gasteiger partial charge in [-0.15, -0.1) is 5.10 Å². The van der Waals surface area contributed by atoms with Crippen molar-refractivity contribution in [3.8, 4) is 17.0 Å². The first kappa shape index (κ1) is 15.8. The zero-order valence-electron chi connectivity index (χ0n) is 14.0. The fourth-order valence-electron chi connectivity index (χ4n) is 2.60. The minimum absolute atomic E-state index is 0.189. The summed E-state index contributed by atoms with van der Waals surface area (Å²) >= 11 is 0. The van der Waals surface area contributed by atoms with Gasteiger partial charge in [0.2, 0.25) is 0 Å². The van der Waals surface area contributed by atoms with Crippen LogP contribution < -0.4 is 10.1 Å². The number of amides is 1. The van der Waals surface area contributed by atoms with E-state index in [4.69, 9.17) is 4.74 Å². The Balaban J connectivity index is 1.57. The van der Waals surface area contributed by atoms with E-state index in [1.165, 1.54) is 0 Å². The average molecular weight is 345 g/mol. The molecular weight excluding hydrogens is 330 g/mol. The van der Waals surface area contributed by atoms with Gasteiger partial charge in [0.15, 0.2) is 0 Å². The molecule has 0 unspecified atom stereocenters. The number of imidazole rings is 1. The Morgan fingerprint density at radius 3 is 2.77 bits per heavy atom. The number of nitrogens with zero attached hydrogens (tertiary/aromatic N) is 4. The lowest BCUT2D eigenvalue weighted by Gasteiger charge is -2.07. The molecule has 2 heterocycles. The minimum atomic E-state index is -0.189. The first-order chi connectivity index (χ1) is 12.7. The van der Waals surface area contributed by atoms with Crippen LogP contribution in [0.5, 0.6) is 5.75 Å². The van der Waals surface area contributed by atoms with Gasteiger partial charge < -0.3 is 10.1 Å². The number of ether oxygens (including phenoxy) is 1. The summed E-state index contributed by atoms with van der Waals surface area (Å²) in [6.07, 6.45) is 5.26. The van der Waals surface area contributed by atoms with Crippen LogP contribution in [-0.4, -0.2) is 32.6 Å². The van der Waals surface area contributed by atoms with E-state index in [2.05, 4.69) is 20.5 Å². The van der Waals surface area contributed by atoms with E-state index in [1.807, 2.05) is 30.5 Å². The highest BCUT2D eigenvalue weighted by Crippen LogP contribution is 2.22. The van der Waals surface area contributed by atoms with Crippen molar-refractivity contribution in [2.45, 2.75) is 0 Å². The first-order valence-electron chi connectivity index (χ1n) is 7.95. The molecule has 0 saturated carbocycles. The molecule has 0 saturated heterocycles. The molecule has 0 atom stereocenters. The Labute approximate surface area is 149 Å². The minimum Gasteiger partial charge on any atom is -0.497 e. The lowest BCUT2D eigenvalue weighted by molar-refractivity contribution is 0.102.